The van der Waals surface area contributed by atoms with Gasteiger partial charge in [-0.2, -0.15) is 5.10 Å². The Labute approximate surface area is 140 Å². The average molecular weight is 355 g/mol. The lowest BCUT2D eigenvalue weighted by atomic mass is 10.2. The van der Waals surface area contributed by atoms with Gasteiger partial charge in [0.05, 0.1) is 17.0 Å². The molecule has 0 aliphatic rings. The van der Waals surface area contributed by atoms with Crippen LogP contribution in [0.2, 0.25) is 5.02 Å². The summed E-state index contributed by atoms with van der Waals surface area (Å²) in [6.07, 6.45) is 1.26. The van der Waals surface area contributed by atoms with E-state index in [0.717, 1.165) is 11.8 Å². The smallest absolute Gasteiger partial charge is 0.250 e. The maximum absolute atomic E-state index is 13.4. The van der Waals surface area contributed by atoms with Crippen molar-refractivity contribution in [2.75, 3.05) is 5.75 Å². The van der Waals surface area contributed by atoms with Gasteiger partial charge in [-0.25, -0.2) is 9.82 Å². The molecule has 0 heterocycles. The molecule has 2 rings (SSSR count). The number of carbonyl (C=O) groups is 1. The van der Waals surface area contributed by atoms with Crippen LogP contribution in [0.25, 0.3) is 0 Å². The fourth-order valence-corrected chi connectivity index (χ4v) is 2.55. The summed E-state index contributed by atoms with van der Waals surface area (Å²) in [5, 5.41) is 22.4. The van der Waals surface area contributed by atoms with Gasteiger partial charge in [0.15, 0.2) is 11.5 Å². The molecule has 23 heavy (non-hydrogen) atoms. The van der Waals surface area contributed by atoms with Gasteiger partial charge in [0.2, 0.25) is 5.91 Å². The first-order valence-electron chi connectivity index (χ1n) is 6.38. The number of carbonyl (C=O) groups excluding carboxylic acids is 1. The second kappa shape index (κ2) is 7.85. The monoisotopic (exact) mass is 354 g/mol. The maximum atomic E-state index is 13.4. The van der Waals surface area contributed by atoms with Crippen LogP contribution in [0.4, 0.5) is 4.39 Å². The van der Waals surface area contributed by atoms with Crippen LogP contribution in [0, 0.1) is 5.82 Å². The van der Waals surface area contributed by atoms with Crippen LogP contribution in [-0.4, -0.2) is 28.1 Å². The fraction of sp³-hybridized carbons (Fsp3) is 0.0667. The third-order valence-corrected chi connectivity index (χ3v) is 4.00. The normalized spacial score (nSPS) is 10.9. The molecular formula is C15H12ClFN2O3S. The number of phenols is 2. The number of amides is 1. The number of hydrogen-bond donors (Lipinski definition) is 3. The van der Waals surface area contributed by atoms with Crippen LogP contribution < -0.4 is 5.43 Å². The summed E-state index contributed by atoms with van der Waals surface area (Å²) in [6.45, 7) is 0. The highest BCUT2D eigenvalue weighted by molar-refractivity contribution is 8.00. The van der Waals surface area contributed by atoms with Crippen LogP contribution in [0.5, 0.6) is 11.5 Å². The second-order valence-electron chi connectivity index (χ2n) is 4.38. The number of hydrogen-bond acceptors (Lipinski definition) is 5. The second-order valence-corrected chi connectivity index (χ2v) is 5.81. The Balaban J connectivity index is 1.88. The van der Waals surface area contributed by atoms with E-state index >= 15 is 0 Å². The predicted molar refractivity (Wildman–Crippen MR) is 87.6 cm³/mol. The lowest BCUT2D eigenvalue weighted by Crippen LogP contribution is -2.19. The van der Waals surface area contributed by atoms with Gasteiger partial charge < -0.3 is 10.2 Å². The molecule has 0 spiro atoms. The van der Waals surface area contributed by atoms with Crippen molar-refractivity contribution in [3.8, 4) is 11.5 Å². The summed E-state index contributed by atoms with van der Waals surface area (Å²) in [6, 6.07) is 8.77. The molecule has 2 aromatic carbocycles. The number of phenolic OH excluding ortho intramolecular Hbond substituents is 2. The molecule has 3 N–H and O–H groups in total. The van der Waals surface area contributed by atoms with E-state index < -0.39 is 11.7 Å². The average Bonchev–Trinajstić information content (AvgIpc) is 2.52. The number of thioether (sulfide) groups is 1. The van der Waals surface area contributed by atoms with Crippen LogP contribution in [-0.2, 0) is 4.79 Å². The first-order valence-corrected chi connectivity index (χ1v) is 7.74. The molecule has 2 aromatic rings. The van der Waals surface area contributed by atoms with Crippen molar-refractivity contribution in [2.24, 2.45) is 5.10 Å². The molecule has 0 aliphatic heterocycles. The number of nitrogens with zero attached hydrogens (tertiary/aromatic N) is 1. The Morgan fingerprint density at radius 2 is 2.09 bits per heavy atom. The van der Waals surface area contributed by atoms with Gasteiger partial charge in [-0.05, 0) is 29.8 Å². The Morgan fingerprint density at radius 3 is 2.78 bits per heavy atom. The standard InChI is InChI=1S/C15H12ClFN2O3S/c16-10-5-9(6-12(20)15(10)22)7-18-19-14(21)8-23-13-4-2-1-3-11(13)17/h1-7,20,22H,8H2,(H,19,21)/b18-7+. The van der Waals surface area contributed by atoms with Crippen LogP contribution in [0.15, 0.2) is 46.4 Å². The molecule has 1 amide bonds. The zero-order valence-corrected chi connectivity index (χ0v) is 13.2. The summed E-state index contributed by atoms with van der Waals surface area (Å²) in [5.41, 5.74) is 2.67. The van der Waals surface area contributed by atoms with Gasteiger partial charge in [0, 0.05) is 4.90 Å². The summed E-state index contributed by atoms with van der Waals surface area (Å²) in [4.78, 5) is 12.0. The van der Waals surface area contributed by atoms with Gasteiger partial charge in [0.1, 0.15) is 5.82 Å². The Bertz CT molecular complexity index is 732. The summed E-state index contributed by atoms with van der Waals surface area (Å²) in [5.74, 6) is -1.61. The number of nitrogens with one attached hydrogen (secondary N) is 1. The Morgan fingerprint density at radius 1 is 1.35 bits per heavy atom. The number of halogens is 2. The SMILES string of the molecule is O=C(CSc1ccccc1F)N/N=C/c1cc(O)c(O)c(Cl)c1. The largest absolute Gasteiger partial charge is 0.504 e. The van der Waals surface area contributed by atoms with Gasteiger partial charge in [-0.3, -0.25) is 4.79 Å². The molecule has 0 saturated heterocycles. The highest BCUT2D eigenvalue weighted by Crippen LogP contribution is 2.33. The van der Waals surface area contributed by atoms with Crippen molar-refractivity contribution in [3.05, 3.63) is 52.8 Å². The number of rotatable bonds is 5. The molecule has 5 nitrogen and oxygen atoms in total. The molecule has 0 bridgehead atoms. The van der Waals surface area contributed by atoms with Crippen molar-refractivity contribution in [1.29, 1.82) is 0 Å². The highest BCUT2D eigenvalue weighted by atomic mass is 35.5. The number of benzene rings is 2. The van der Waals surface area contributed by atoms with Gasteiger partial charge >= 0.3 is 0 Å². The highest BCUT2D eigenvalue weighted by Gasteiger charge is 2.07. The Hall–Kier alpha value is -2.25. The van der Waals surface area contributed by atoms with E-state index in [4.69, 9.17) is 11.6 Å². The lowest BCUT2D eigenvalue weighted by molar-refractivity contribution is -0.118. The van der Waals surface area contributed by atoms with Crippen molar-refractivity contribution in [2.45, 2.75) is 4.90 Å². The fourth-order valence-electron chi connectivity index (χ4n) is 1.60. The summed E-state index contributed by atoms with van der Waals surface area (Å²) >= 11 is 6.75. The van der Waals surface area contributed by atoms with Crippen molar-refractivity contribution >= 4 is 35.5 Å². The topological polar surface area (TPSA) is 81.9 Å². The minimum Gasteiger partial charge on any atom is -0.504 e. The van der Waals surface area contributed by atoms with Crippen molar-refractivity contribution in [3.63, 3.8) is 0 Å². The van der Waals surface area contributed by atoms with Crippen molar-refractivity contribution in [1.82, 2.24) is 5.43 Å². The maximum Gasteiger partial charge on any atom is 0.250 e. The molecule has 0 fully saturated rings. The minimum absolute atomic E-state index is 0.000142. The van der Waals surface area contributed by atoms with E-state index in [0.29, 0.717) is 10.5 Å². The minimum atomic E-state index is -0.422. The Kier molecular flexibility index (Phi) is 5.84. The first-order chi connectivity index (χ1) is 11.0. The molecule has 120 valence electrons. The van der Waals surface area contributed by atoms with E-state index in [1.165, 1.54) is 24.4 Å². The first kappa shape index (κ1) is 17.1. The quantitative estimate of drug-likeness (QED) is 0.333. The molecule has 0 aromatic heterocycles. The summed E-state index contributed by atoms with van der Waals surface area (Å²) in [7, 11) is 0. The molecular weight excluding hydrogens is 343 g/mol. The van der Waals surface area contributed by atoms with E-state index in [-0.39, 0.29) is 22.3 Å². The van der Waals surface area contributed by atoms with Gasteiger partial charge in [-0.1, -0.05) is 23.7 Å². The lowest BCUT2D eigenvalue weighted by Gasteiger charge is -2.03. The predicted octanol–water partition coefficient (Wildman–Crippen LogP) is 3.13. The zero-order valence-electron chi connectivity index (χ0n) is 11.7. The van der Waals surface area contributed by atoms with E-state index in [2.05, 4.69) is 10.5 Å². The van der Waals surface area contributed by atoms with E-state index in [1.54, 1.807) is 18.2 Å². The zero-order chi connectivity index (χ0) is 16.8. The molecule has 0 atom stereocenters. The van der Waals surface area contributed by atoms with Gasteiger partial charge in [0.25, 0.3) is 0 Å². The number of hydrazone groups is 1. The number of aromatic hydroxyl groups is 2. The van der Waals surface area contributed by atoms with E-state index in [9.17, 15) is 19.4 Å². The third-order valence-electron chi connectivity index (χ3n) is 2.66. The van der Waals surface area contributed by atoms with Crippen LogP contribution >= 0.6 is 23.4 Å². The van der Waals surface area contributed by atoms with Crippen LogP contribution in [0.3, 0.4) is 0 Å². The van der Waals surface area contributed by atoms with Crippen LogP contribution in [0.1, 0.15) is 5.56 Å². The van der Waals surface area contributed by atoms with Gasteiger partial charge in [-0.15, -0.1) is 11.8 Å². The molecule has 0 aliphatic carbocycles. The van der Waals surface area contributed by atoms with Crippen molar-refractivity contribution < 1.29 is 19.4 Å². The summed E-state index contributed by atoms with van der Waals surface area (Å²) < 4.78 is 13.4. The molecule has 0 unspecified atom stereocenters. The molecule has 0 radical (unpaired) electrons. The molecule has 8 heteroatoms. The third kappa shape index (κ3) is 4.87. The molecule has 0 saturated carbocycles. The van der Waals surface area contributed by atoms with E-state index in [1.807, 2.05) is 0 Å².